The number of hydrogen-bond acceptors (Lipinski definition) is 3. The fraction of sp³-hybridized carbons (Fsp3) is 0.417. The molecule has 7 heteroatoms. The van der Waals surface area contributed by atoms with Crippen molar-refractivity contribution in [2.75, 3.05) is 19.0 Å². The van der Waals surface area contributed by atoms with Gasteiger partial charge in [-0.1, -0.05) is 11.6 Å². The van der Waals surface area contributed by atoms with Crippen LogP contribution in [0.3, 0.4) is 0 Å². The van der Waals surface area contributed by atoms with Crippen molar-refractivity contribution >= 4 is 46.6 Å². The van der Waals surface area contributed by atoms with E-state index in [0.717, 1.165) is 6.42 Å². The largest absolute Gasteiger partial charge is 0.492 e. The van der Waals surface area contributed by atoms with Gasteiger partial charge in [-0.05, 0) is 24.6 Å². The molecule has 0 saturated heterocycles. The van der Waals surface area contributed by atoms with E-state index >= 15 is 0 Å². The highest BCUT2D eigenvalue weighted by Crippen LogP contribution is 2.53. The van der Waals surface area contributed by atoms with Crippen LogP contribution in [0, 0.1) is 5.92 Å². The summed E-state index contributed by atoms with van der Waals surface area (Å²) in [6.45, 7) is 0.413. The summed E-state index contributed by atoms with van der Waals surface area (Å²) >= 11 is 17.9. The summed E-state index contributed by atoms with van der Waals surface area (Å²) in [5, 5.41) is 2.90. The molecule has 0 aliphatic heterocycles. The Balaban J connectivity index is 1.93. The van der Waals surface area contributed by atoms with E-state index in [4.69, 9.17) is 39.5 Å². The second kappa shape index (κ2) is 5.65. The molecule has 1 amide bonds. The van der Waals surface area contributed by atoms with E-state index < -0.39 is 10.4 Å². The maximum Gasteiger partial charge on any atom is 0.411 e. The zero-order valence-corrected chi connectivity index (χ0v) is 12.4. The summed E-state index contributed by atoms with van der Waals surface area (Å²) in [5.74, 6) is 0.646. The number of alkyl halides is 2. The minimum absolute atomic E-state index is 0.125. The second-order valence-corrected chi connectivity index (χ2v) is 6.18. The van der Waals surface area contributed by atoms with Gasteiger partial charge >= 0.3 is 6.09 Å². The Hall–Kier alpha value is -0.840. The molecule has 0 radical (unpaired) electrons. The maximum absolute atomic E-state index is 11.0. The Labute approximate surface area is 125 Å². The Morgan fingerprint density at radius 2 is 2.21 bits per heavy atom. The van der Waals surface area contributed by atoms with Gasteiger partial charge in [-0.15, -0.1) is 23.2 Å². The number of rotatable bonds is 4. The van der Waals surface area contributed by atoms with E-state index in [0.29, 0.717) is 23.1 Å². The third-order valence-electron chi connectivity index (χ3n) is 2.76. The van der Waals surface area contributed by atoms with Crippen molar-refractivity contribution in [3.8, 4) is 5.75 Å². The highest BCUT2D eigenvalue weighted by atomic mass is 35.5. The van der Waals surface area contributed by atoms with Crippen LogP contribution in [0.4, 0.5) is 10.5 Å². The molecule has 104 valence electrons. The molecule has 19 heavy (non-hydrogen) atoms. The van der Waals surface area contributed by atoms with Crippen LogP contribution in [0.25, 0.3) is 0 Å². The van der Waals surface area contributed by atoms with Crippen LogP contribution in [0.15, 0.2) is 18.2 Å². The molecule has 0 heterocycles. The minimum atomic E-state index is -0.668. The van der Waals surface area contributed by atoms with Gasteiger partial charge in [0.05, 0.1) is 18.7 Å². The van der Waals surface area contributed by atoms with Gasteiger partial charge < -0.3 is 9.47 Å². The van der Waals surface area contributed by atoms with Crippen LogP contribution in [0.5, 0.6) is 5.75 Å². The van der Waals surface area contributed by atoms with Gasteiger partial charge in [-0.25, -0.2) is 4.79 Å². The predicted molar refractivity (Wildman–Crippen MR) is 75.5 cm³/mol. The van der Waals surface area contributed by atoms with Crippen molar-refractivity contribution in [3.05, 3.63) is 23.2 Å². The predicted octanol–water partition coefficient (Wildman–Crippen LogP) is 4.09. The molecular formula is C12H12Cl3NO3. The number of carbonyl (C=O) groups is 1. The van der Waals surface area contributed by atoms with Gasteiger partial charge in [0.2, 0.25) is 0 Å². The molecule has 1 unspecified atom stereocenters. The molecule has 0 spiro atoms. The zero-order valence-electron chi connectivity index (χ0n) is 10.1. The fourth-order valence-corrected chi connectivity index (χ4v) is 2.24. The second-order valence-electron chi connectivity index (χ2n) is 4.23. The first-order valence-electron chi connectivity index (χ1n) is 5.57. The molecule has 1 atom stereocenters. The maximum atomic E-state index is 11.0. The number of methoxy groups -OCH3 is 1. The van der Waals surface area contributed by atoms with Gasteiger partial charge in [0.15, 0.2) is 0 Å². The van der Waals surface area contributed by atoms with E-state index in [1.807, 2.05) is 0 Å². The summed E-state index contributed by atoms with van der Waals surface area (Å²) in [6.07, 6.45) is 0.159. The van der Waals surface area contributed by atoms with Gasteiger partial charge in [0.1, 0.15) is 10.1 Å². The first kappa shape index (κ1) is 14.6. The Bertz CT molecular complexity index is 493. The molecule has 1 fully saturated rings. The first-order valence-corrected chi connectivity index (χ1v) is 6.71. The highest BCUT2D eigenvalue weighted by molar-refractivity contribution is 6.50. The lowest BCUT2D eigenvalue weighted by molar-refractivity contribution is 0.187. The number of hydrogen-bond donors (Lipinski definition) is 1. The monoisotopic (exact) mass is 323 g/mol. The summed E-state index contributed by atoms with van der Waals surface area (Å²) in [6, 6.07) is 4.91. The Morgan fingerprint density at radius 1 is 1.53 bits per heavy atom. The lowest BCUT2D eigenvalue weighted by Gasteiger charge is -2.10. The Morgan fingerprint density at radius 3 is 2.74 bits per heavy atom. The van der Waals surface area contributed by atoms with Crippen LogP contribution < -0.4 is 10.1 Å². The molecule has 1 saturated carbocycles. The molecule has 1 aliphatic rings. The summed E-state index contributed by atoms with van der Waals surface area (Å²) in [4.78, 5) is 11.0. The highest BCUT2D eigenvalue weighted by Gasteiger charge is 2.52. The van der Waals surface area contributed by atoms with E-state index in [2.05, 4.69) is 10.1 Å². The van der Waals surface area contributed by atoms with Crippen LogP contribution in [-0.4, -0.2) is 24.1 Å². The number of ether oxygens (including phenoxy) is 2. The summed E-state index contributed by atoms with van der Waals surface area (Å²) in [7, 11) is 1.29. The number of nitrogens with one attached hydrogen (secondary N) is 1. The molecule has 1 aromatic rings. The topological polar surface area (TPSA) is 47.6 Å². The molecule has 4 nitrogen and oxygen atoms in total. The zero-order chi connectivity index (χ0) is 14.0. The third-order valence-corrected chi connectivity index (χ3v) is 3.98. The third kappa shape index (κ3) is 3.81. The molecule has 2 rings (SSSR count). The lowest BCUT2D eigenvalue weighted by atomic mass is 10.3. The van der Waals surface area contributed by atoms with Crippen LogP contribution in [0.2, 0.25) is 5.02 Å². The fourth-order valence-electron chi connectivity index (χ4n) is 1.51. The van der Waals surface area contributed by atoms with Crippen molar-refractivity contribution in [2.24, 2.45) is 5.92 Å². The molecule has 1 aliphatic carbocycles. The van der Waals surface area contributed by atoms with Gasteiger partial charge in [-0.3, -0.25) is 5.32 Å². The molecule has 1 N–H and O–H groups in total. The van der Waals surface area contributed by atoms with Crippen molar-refractivity contribution < 1.29 is 14.3 Å². The summed E-state index contributed by atoms with van der Waals surface area (Å²) in [5.41, 5.74) is 0.527. The van der Waals surface area contributed by atoms with Crippen molar-refractivity contribution in [1.82, 2.24) is 0 Å². The average Bonchev–Trinajstić information content (AvgIpc) is 2.96. The van der Waals surface area contributed by atoms with Gasteiger partial charge in [-0.2, -0.15) is 0 Å². The summed E-state index contributed by atoms with van der Waals surface area (Å²) < 4.78 is 9.35. The van der Waals surface area contributed by atoms with E-state index in [1.165, 1.54) is 7.11 Å². The van der Waals surface area contributed by atoms with Crippen molar-refractivity contribution in [3.63, 3.8) is 0 Å². The molecule has 0 bridgehead atoms. The van der Waals surface area contributed by atoms with Crippen LogP contribution in [0.1, 0.15) is 6.42 Å². The van der Waals surface area contributed by atoms with Gasteiger partial charge in [0, 0.05) is 11.6 Å². The Kier molecular flexibility index (Phi) is 4.33. The molecule has 1 aromatic carbocycles. The minimum Gasteiger partial charge on any atom is -0.492 e. The normalized spacial score (nSPS) is 19.7. The van der Waals surface area contributed by atoms with Crippen molar-refractivity contribution in [1.29, 1.82) is 0 Å². The standard InChI is InChI=1S/C12H12Cl3NO3/c1-18-11(17)16-8-2-3-10(9(13)4-8)19-6-7-5-12(7,14)15/h2-4,7H,5-6H2,1H3,(H,16,17). The molecular weight excluding hydrogens is 312 g/mol. The SMILES string of the molecule is COC(=O)Nc1ccc(OCC2CC2(Cl)Cl)c(Cl)c1. The van der Waals surface area contributed by atoms with E-state index in [-0.39, 0.29) is 5.92 Å². The number of benzene rings is 1. The van der Waals surface area contributed by atoms with Crippen LogP contribution in [-0.2, 0) is 4.74 Å². The lowest BCUT2D eigenvalue weighted by Crippen LogP contribution is -2.11. The van der Waals surface area contributed by atoms with Gasteiger partial charge in [0.25, 0.3) is 0 Å². The number of amides is 1. The smallest absolute Gasteiger partial charge is 0.411 e. The number of halogens is 3. The quantitative estimate of drug-likeness (QED) is 0.849. The molecule has 0 aromatic heterocycles. The van der Waals surface area contributed by atoms with Crippen molar-refractivity contribution in [2.45, 2.75) is 10.8 Å². The first-order chi connectivity index (χ1) is 8.92. The number of anilines is 1. The average molecular weight is 325 g/mol. The number of carbonyl (C=O) groups excluding carboxylic acids is 1. The van der Waals surface area contributed by atoms with E-state index in [9.17, 15) is 4.79 Å². The van der Waals surface area contributed by atoms with E-state index in [1.54, 1.807) is 18.2 Å². The van der Waals surface area contributed by atoms with Crippen LogP contribution >= 0.6 is 34.8 Å².